The fraction of sp³-hybridized carbons (Fsp3) is 0.0625. The number of hydrogen-bond acceptors (Lipinski definition) is 3. The van der Waals surface area contributed by atoms with E-state index in [4.69, 9.17) is 16.6 Å². The Morgan fingerprint density at radius 2 is 1.73 bits per heavy atom. The number of fused-ring (bicyclic) bond motifs is 2. The van der Waals surface area contributed by atoms with Gasteiger partial charge >= 0.3 is 0 Å². The van der Waals surface area contributed by atoms with Gasteiger partial charge in [-0.05, 0) is 56.9 Å². The number of nitrogens with zero attached hydrogens (tertiary/aromatic N) is 2. The molecular formula is C32H25BrClN5O. The molecule has 0 aliphatic heterocycles. The van der Waals surface area contributed by atoms with Gasteiger partial charge in [0.05, 0.1) is 10.2 Å². The minimum absolute atomic E-state index is 0.134. The summed E-state index contributed by atoms with van der Waals surface area (Å²) >= 11 is 10.1. The second-order valence-corrected chi connectivity index (χ2v) is 10.6. The van der Waals surface area contributed by atoms with Crippen molar-refractivity contribution < 1.29 is 4.79 Å². The Morgan fingerprint density at radius 1 is 0.975 bits per heavy atom. The van der Waals surface area contributed by atoms with Gasteiger partial charge in [0.2, 0.25) is 5.91 Å². The fourth-order valence-corrected chi connectivity index (χ4v) is 5.23. The van der Waals surface area contributed by atoms with Crippen LogP contribution in [-0.2, 0) is 17.9 Å². The lowest BCUT2D eigenvalue weighted by atomic mass is 10.1. The van der Waals surface area contributed by atoms with Gasteiger partial charge in [-0.1, -0.05) is 72.3 Å². The zero-order valence-electron chi connectivity index (χ0n) is 21.4. The molecular weight excluding hydrogens is 586 g/mol. The van der Waals surface area contributed by atoms with E-state index in [1.54, 1.807) is 6.08 Å². The largest absolute Gasteiger partial charge is 0.367 e. The lowest BCUT2D eigenvalue weighted by molar-refractivity contribution is -0.116. The second-order valence-electron chi connectivity index (χ2n) is 9.37. The van der Waals surface area contributed by atoms with E-state index >= 15 is 0 Å². The van der Waals surface area contributed by atoms with Crippen LogP contribution in [0.1, 0.15) is 16.7 Å². The van der Waals surface area contributed by atoms with Gasteiger partial charge in [0.15, 0.2) is 5.65 Å². The van der Waals surface area contributed by atoms with Crippen molar-refractivity contribution in [3.8, 4) is 11.3 Å². The number of para-hydroxylation sites is 1. The fourth-order valence-electron chi connectivity index (χ4n) is 4.60. The Morgan fingerprint density at radius 3 is 2.55 bits per heavy atom. The lowest BCUT2D eigenvalue weighted by Crippen LogP contribution is -2.20. The van der Waals surface area contributed by atoms with Crippen LogP contribution in [0, 0.1) is 0 Å². The Hall–Kier alpha value is -4.33. The minimum Gasteiger partial charge on any atom is -0.367 e. The first-order valence-electron chi connectivity index (χ1n) is 12.8. The molecule has 0 radical (unpaired) electrons. The molecule has 0 aliphatic carbocycles. The van der Waals surface area contributed by atoms with Crippen LogP contribution in [0.2, 0.25) is 5.02 Å². The van der Waals surface area contributed by atoms with Gasteiger partial charge in [-0.25, -0.2) is 4.98 Å². The van der Waals surface area contributed by atoms with Crippen molar-refractivity contribution in [3.63, 3.8) is 0 Å². The number of hydrogen-bond donors (Lipinski definition) is 3. The summed E-state index contributed by atoms with van der Waals surface area (Å²) in [5.41, 5.74) is 6.66. The molecule has 198 valence electrons. The molecule has 0 fully saturated rings. The molecule has 0 aliphatic rings. The molecule has 1 amide bonds. The van der Waals surface area contributed by atoms with E-state index in [1.165, 1.54) is 0 Å². The SMILES string of the molecule is O=C(/C=C/c1c[nH]c2ccccc12)NCc1ccc(CNc2cc(-c3ccccc3Cl)nc3c(Br)ccn23)cc1. The lowest BCUT2D eigenvalue weighted by Gasteiger charge is -2.13. The van der Waals surface area contributed by atoms with Crippen molar-refractivity contribution in [2.45, 2.75) is 13.1 Å². The standard InChI is InChI=1S/C32H25BrClN5O/c33-26-15-16-39-30(17-29(38-32(26)39)25-6-1-3-7-27(25)34)36-18-21-9-11-22(12-10-21)19-37-31(40)14-13-23-20-35-28-8-4-2-5-24(23)28/h1-17,20,35-36H,18-19H2,(H,37,40)/b14-13+. The summed E-state index contributed by atoms with van der Waals surface area (Å²) in [5, 5.41) is 8.24. The van der Waals surface area contributed by atoms with Crippen molar-refractivity contribution in [1.29, 1.82) is 0 Å². The maximum Gasteiger partial charge on any atom is 0.244 e. The van der Waals surface area contributed by atoms with E-state index in [1.807, 2.05) is 95.7 Å². The Balaban J connectivity index is 1.10. The summed E-state index contributed by atoms with van der Waals surface area (Å²) < 4.78 is 2.92. The number of amides is 1. The van der Waals surface area contributed by atoms with Gasteiger partial charge in [0.1, 0.15) is 5.82 Å². The van der Waals surface area contributed by atoms with E-state index in [0.717, 1.165) is 54.8 Å². The maximum atomic E-state index is 12.4. The summed E-state index contributed by atoms with van der Waals surface area (Å²) in [7, 11) is 0. The van der Waals surface area contributed by atoms with E-state index in [2.05, 4.69) is 43.7 Å². The van der Waals surface area contributed by atoms with Gasteiger partial charge in [-0.15, -0.1) is 0 Å². The number of halogens is 2. The number of H-pyrrole nitrogens is 1. The molecule has 0 spiro atoms. The molecule has 0 saturated carbocycles. The average molecular weight is 611 g/mol. The third kappa shape index (κ3) is 5.52. The second kappa shape index (κ2) is 11.4. The normalized spacial score (nSPS) is 11.4. The molecule has 8 heteroatoms. The molecule has 0 bridgehead atoms. The zero-order chi connectivity index (χ0) is 27.5. The first kappa shape index (κ1) is 25.9. The number of rotatable bonds is 8. The summed E-state index contributed by atoms with van der Waals surface area (Å²) in [6.07, 6.45) is 7.29. The predicted octanol–water partition coefficient (Wildman–Crippen LogP) is 7.84. The monoisotopic (exact) mass is 609 g/mol. The quantitative estimate of drug-likeness (QED) is 0.154. The molecule has 6 rings (SSSR count). The van der Waals surface area contributed by atoms with Gasteiger partial charge in [-0.3, -0.25) is 9.20 Å². The summed E-state index contributed by atoms with van der Waals surface area (Å²) in [4.78, 5) is 20.4. The van der Waals surface area contributed by atoms with Crippen LogP contribution < -0.4 is 10.6 Å². The zero-order valence-corrected chi connectivity index (χ0v) is 23.7. The van der Waals surface area contributed by atoms with Crippen LogP contribution >= 0.6 is 27.5 Å². The molecule has 3 heterocycles. The first-order valence-corrected chi connectivity index (χ1v) is 14.0. The van der Waals surface area contributed by atoms with Crippen molar-refractivity contribution in [2.75, 3.05) is 5.32 Å². The van der Waals surface area contributed by atoms with Crippen molar-refractivity contribution >= 4 is 61.9 Å². The average Bonchev–Trinajstić information content (AvgIpc) is 3.57. The molecule has 3 N–H and O–H groups in total. The number of carbonyl (C=O) groups excluding carboxylic acids is 1. The van der Waals surface area contributed by atoms with Gasteiger partial charge in [0.25, 0.3) is 0 Å². The Bertz CT molecular complexity index is 1860. The highest BCUT2D eigenvalue weighted by Crippen LogP contribution is 2.31. The maximum absolute atomic E-state index is 12.4. The van der Waals surface area contributed by atoms with Gasteiger partial charge in [-0.2, -0.15) is 0 Å². The Labute approximate surface area is 244 Å². The molecule has 40 heavy (non-hydrogen) atoms. The number of nitrogens with one attached hydrogen (secondary N) is 3. The van der Waals surface area contributed by atoms with Crippen molar-refractivity contribution in [1.82, 2.24) is 19.7 Å². The number of benzene rings is 3. The number of aromatic nitrogens is 3. The summed E-state index contributed by atoms with van der Waals surface area (Å²) in [5.74, 6) is 0.772. The molecule has 0 atom stereocenters. The summed E-state index contributed by atoms with van der Waals surface area (Å²) in [6, 6.07) is 27.9. The number of carbonyl (C=O) groups is 1. The van der Waals surface area contributed by atoms with E-state index in [9.17, 15) is 4.79 Å². The minimum atomic E-state index is -0.134. The molecule has 3 aromatic heterocycles. The van der Waals surface area contributed by atoms with Crippen molar-refractivity contribution in [2.24, 2.45) is 0 Å². The first-order chi connectivity index (χ1) is 19.5. The Kier molecular flexibility index (Phi) is 7.40. The highest BCUT2D eigenvalue weighted by molar-refractivity contribution is 9.10. The molecule has 3 aromatic carbocycles. The smallest absolute Gasteiger partial charge is 0.244 e. The number of anilines is 1. The molecule has 0 saturated heterocycles. The van der Waals surface area contributed by atoms with Crippen LogP contribution in [0.3, 0.4) is 0 Å². The van der Waals surface area contributed by atoms with E-state index in [-0.39, 0.29) is 5.91 Å². The van der Waals surface area contributed by atoms with Gasteiger partial charge < -0.3 is 15.6 Å². The van der Waals surface area contributed by atoms with Crippen molar-refractivity contribution in [3.05, 3.63) is 130 Å². The van der Waals surface area contributed by atoms with Crippen LogP contribution in [0.5, 0.6) is 0 Å². The molecule has 0 unspecified atom stereocenters. The van der Waals surface area contributed by atoms with Crippen LogP contribution in [-0.4, -0.2) is 20.3 Å². The molecule has 6 aromatic rings. The van der Waals surface area contributed by atoms with Crippen LogP contribution in [0.25, 0.3) is 33.9 Å². The predicted molar refractivity (Wildman–Crippen MR) is 166 cm³/mol. The molecule has 6 nitrogen and oxygen atoms in total. The van der Waals surface area contributed by atoms with E-state index < -0.39 is 0 Å². The van der Waals surface area contributed by atoms with Gasteiger partial charge in [0, 0.05) is 59.1 Å². The third-order valence-corrected chi connectivity index (χ3v) is 7.67. The third-order valence-electron chi connectivity index (χ3n) is 6.72. The summed E-state index contributed by atoms with van der Waals surface area (Å²) in [6.45, 7) is 1.07. The van der Waals surface area contributed by atoms with Crippen LogP contribution in [0.15, 0.2) is 108 Å². The topological polar surface area (TPSA) is 74.2 Å². The number of aromatic amines is 1. The highest BCUT2D eigenvalue weighted by Gasteiger charge is 2.12. The van der Waals surface area contributed by atoms with Crippen LogP contribution in [0.4, 0.5) is 5.82 Å². The van der Waals surface area contributed by atoms with E-state index in [0.29, 0.717) is 18.1 Å². The highest BCUT2D eigenvalue weighted by atomic mass is 79.9.